The largest absolute Gasteiger partial charge is 0.395 e. The molecule has 0 aromatic heterocycles. The summed E-state index contributed by atoms with van der Waals surface area (Å²) in [5, 5.41) is 2.69. The zero-order valence-corrected chi connectivity index (χ0v) is 3.77. The number of hydrogen-bond acceptors (Lipinski definition) is 3. The lowest BCUT2D eigenvalue weighted by Gasteiger charge is -1.81. The lowest BCUT2D eigenvalue weighted by molar-refractivity contribution is -0.114. The molecule has 0 aliphatic carbocycles. The molecule has 3 nitrogen and oxygen atoms in total. The van der Waals surface area contributed by atoms with Crippen molar-refractivity contribution >= 4 is 5.78 Å². The summed E-state index contributed by atoms with van der Waals surface area (Å²) < 4.78 is 0. The smallest absolute Gasteiger partial charge is 0.198 e. The third-order valence-corrected chi connectivity index (χ3v) is 0.842. The summed E-state index contributed by atoms with van der Waals surface area (Å²) in [6.07, 6.45) is 1.52. The molecule has 7 heavy (non-hydrogen) atoms. The summed E-state index contributed by atoms with van der Waals surface area (Å²) in [6, 6.07) is 0. The topological polar surface area (TPSA) is 55.1 Å². The summed E-state index contributed by atoms with van der Waals surface area (Å²) in [4.78, 5) is 10.3. The predicted molar refractivity (Wildman–Crippen MR) is 25.3 cm³/mol. The number of rotatable bonds is 0. The molecule has 0 saturated carbocycles. The zero-order valence-electron chi connectivity index (χ0n) is 3.77. The molecule has 0 amide bonds. The number of nitrogens with one attached hydrogen (secondary N) is 1. The van der Waals surface area contributed by atoms with Crippen molar-refractivity contribution in [2.45, 2.75) is 0 Å². The summed E-state index contributed by atoms with van der Waals surface area (Å²) in [6.45, 7) is 0.367. The van der Waals surface area contributed by atoms with E-state index in [4.69, 9.17) is 5.73 Å². The van der Waals surface area contributed by atoms with Gasteiger partial charge in [-0.15, -0.1) is 0 Å². The Hall–Kier alpha value is -0.990. The molecule has 1 aliphatic rings. The van der Waals surface area contributed by atoms with Gasteiger partial charge in [0, 0.05) is 6.20 Å². The molecule has 3 heteroatoms. The number of Topliss-reactive ketones (excluding diaryl/α,β-unsaturated/α-hetero) is 1. The van der Waals surface area contributed by atoms with Crippen LogP contribution in [0.25, 0.3) is 0 Å². The van der Waals surface area contributed by atoms with E-state index in [1.165, 1.54) is 6.20 Å². The fraction of sp³-hybridized carbons (Fsp3) is 0.250. The zero-order chi connectivity index (χ0) is 5.28. The van der Waals surface area contributed by atoms with Crippen molar-refractivity contribution in [3.05, 3.63) is 11.9 Å². The van der Waals surface area contributed by atoms with E-state index in [1.807, 2.05) is 0 Å². The van der Waals surface area contributed by atoms with Crippen LogP contribution in [0.15, 0.2) is 11.9 Å². The summed E-state index contributed by atoms with van der Waals surface area (Å²) >= 11 is 0. The maximum atomic E-state index is 10.3. The highest BCUT2D eigenvalue weighted by molar-refractivity contribution is 5.97. The van der Waals surface area contributed by atoms with E-state index in [0.29, 0.717) is 12.2 Å². The average Bonchev–Trinajstić information content (AvgIpc) is 1.91. The summed E-state index contributed by atoms with van der Waals surface area (Å²) in [5.74, 6) is -0.0139. The van der Waals surface area contributed by atoms with E-state index in [0.717, 1.165) is 0 Å². The SMILES string of the molecule is NC1=CNCC1=O. The molecule has 1 aliphatic heterocycles. The maximum absolute atomic E-state index is 10.3. The highest BCUT2D eigenvalue weighted by atomic mass is 16.1. The minimum Gasteiger partial charge on any atom is -0.395 e. The molecule has 0 aromatic carbocycles. The van der Waals surface area contributed by atoms with Gasteiger partial charge in [-0.25, -0.2) is 0 Å². The third kappa shape index (κ3) is 0.559. The first-order valence-corrected chi connectivity index (χ1v) is 2.03. The van der Waals surface area contributed by atoms with Crippen LogP contribution in [0.5, 0.6) is 0 Å². The number of carbonyl (C=O) groups excluding carboxylic acids is 1. The highest BCUT2D eigenvalue weighted by Gasteiger charge is 2.08. The quantitative estimate of drug-likeness (QED) is 0.407. The Morgan fingerprint density at radius 1 is 1.86 bits per heavy atom. The second kappa shape index (κ2) is 1.26. The molecule has 0 aromatic rings. The van der Waals surface area contributed by atoms with Crippen molar-refractivity contribution in [3.63, 3.8) is 0 Å². The molecular formula is C4H6N2O. The molecule has 1 rings (SSSR count). The summed E-state index contributed by atoms with van der Waals surface area (Å²) in [7, 11) is 0. The van der Waals surface area contributed by atoms with Crippen LogP contribution in [0.2, 0.25) is 0 Å². The van der Waals surface area contributed by atoms with Crippen molar-refractivity contribution in [2.75, 3.05) is 6.54 Å². The van der Waals surface area contributed by atoms with Crippen LogP contribution in [-0.4, -0.2) is 12.3 Å². The Kier molecular flexibility index (Phi) is 0.749. The first-order valence-electron chi connectivity index (χ1n) is 2.03. The van der Waals surface area contributed by atoms with Crippen LogP contribution in [0.4, 0.5) is 0 Å². The molecule has 0 radical (unpaired) electrons. The Balaban J connectivity index is 2.72. The predicted octanol–water partition coefficient (Wildman–Crippen LogP) is -1.04. The van der Waals surface area contributed by atoms with Gasteiger partial charge in [0.2, 0.25) is 0 Å². The fourth-order valence-electron chi connectivity index (χ4n) is 0.436. The molecule has 0 bridgehead atoms. The van der Waals surface area contributed by atoms with Crippen LogP contribution in [0.3, 0.4) is 0 Å². The van der Waals surface area contributed by atoms with Gasteiger partial charge in [0.15, 0.2) is 5.78 Å². The molecule has 0 spiro atoms. The van der Waals surface area contributed by atoms with Gasteiger partial charge in [0.05, 0.1) is 12.2 Å². The van der Waals surface area contributed by atoms with E-state index in [2.05, 4.69) is 5.32 Å². The monoisotopic (exact) mass is 98.0 g/mol. The average molecular weight is 98.1 g/mol. The number of nitrogens with two attached hydrogens (primary N) is 1. The number of carbonyl (C=O) groups is 1. The third-order valence-electron chi connectivity index (χ3n) is 0.842. The molecule has 38 valence electrons. The Bertz CT molecular complexity index is 128. The van der Waals surface area contributed by atoms with Crippen molar-refractivity contribution in [1.29, 1.82) is 0 Å². The Labute approximate surface area is 41.2 Å². The number of hydrogen-bond donors (Lipinski definition) is 2. The van der Waals surface area contributed by atoms with Crippen molar-refractivity contribution in [3.8, 4) is 0 Å². The van der Waals surface area contributed by atoms with Crippen LogP contribution in [0, 0.1) is 0 Å². The van der Waals surface area contributed by atoms with Crippen LogP contribution in [0.1, 0.15) is 0 Å². The molecule has 0 unspecified atom stereocenters. The lowest BCUT2D eigenvalue weighted by Crippen LogP contribution is -2.11. The molecular weight excluding hydrogens is 92.1 g/mol. The Morgan fingerprint density at radius 3 is 2.71 bits per heavy atom. The van der Waals surface area contributed by atoms with Gasteiger partial charge in [-0.2, -0.15) is 0 Å². The summed E-state index contributed by atoms with van der Waals surface area (Å²) in [5.41, 5.74) is 5.46. The van der Waals surface area contributed by atoms with E-state index < -0.39 is 0 Å². The minimum atomic E-state index is -0.0139. The van der Waals surface area contributed by atoms with E-state index in [-0.39, 0.29) is 5.78 Å². The molecule has 3 N–H and O–H groups in total. The fourth-order valence-corrected chi connectivity index (χ4v) is 0.436. The minimum absolute atomic E-state index is 0.0139. The van der Waals surface area contributed by atoms with Crippen LogP contribution < -0.4 is 11.1 Å². The van der Waals surface area contributed by atoms with Gasteiger partial charge in [0.1, 0.15) is 0 Å². The second-order valence-corrected chi connectivity index (χ2v) is 1.40. The lowest BCUT2D eigenvalue weighted by atomic mass is 10.4. The van der Waals surface area contributed by atoms with Gasteiger partial charge in [-0.05, 0) is 0 Å². The van der Waals surface area contributed by atoms with Gasteiger partial charge in [0.25, 0.3) is 0 Å². The van der Waals surface area contributed by atoms with Gasteiger partial charge in [-0.3, -0.25) is 4.79 Å². The molecule has 0 saturated heterocycles. The van der Waals surface area contributed by atoms with Crippen molar-refractivity contribution in [2.24, 2.45) is 5.73 Å². The molecule has 0 atom stereocenters. The van der Waals surface area contributed by atoms with Crippen molar-refractivity contribution < 1.29 is 4.79 Å². The normalized spacial score (nSPS) is 18.9. The highest BCUT2D eigenvalue weighted by Crippen LogP contribution is 1.89. The number of ketones is 1. The van der Waals surface area contributed by atoms with Gasteiger partial charge in [-0.1, -0.05) is 0 Å². The van der Waals surface area contributed by atoms with E-state index >= 15 is 0 Å². The van der Waals surface area contributed by atoms with Gasteiger partial charge >= 0.3 is 0 Å². The second-order valence-electron chi connectivity index (χ2n) is 1.40. The van der Waals surface area contributed by atoms with Crippen LogP contribution in [-0.2, 0) is 4.79 Å². The first-order chi connectivity index (χ1) is 3.30. The van der Waals surface area contributed by atoms with Crippen LogP contribution >= 0.6 is 0 Å². The Morgan fingerprint density at radius 2 is 2.57 bits per heavy atom. The standard InChI is InChI=1S/C4H6N2O/c5-3-1-6-2-4(3)7/h1,6H,2,5H2. The first kappa shape index (κ1) is 4.18. The van der Waals surface area contributed by atoms with Gasteiger partial charge < -0.3 is 11.1 Å². The van der Waals surface area contributed by atoms with Crippen molar-refractivity contribution in [1.82, 2.24) is 5.32 Å². The van der Waals surface area contributed by atoms with E-state index in [9.17, 15) is 4.79 Å². The molecule has 0 fully saturated rings. The van der Waals surface area contributed by atoms with E-state index in [1.54, 1.807) is 0 Å². The molecule has 1 heterocycles. The maximum Gasteiger partial charge on any atom is 0.198 e.